The highest BCUT2D eigenvalue weighted by molar-refractivity contribution is 9.11. The minimum atomic E-state index is 0.554. The molecular weight excluding hydrogens is 344 g/mol. The molecule has 0 radical (unpaired) electrons. The van der Waals surface area contributed by atoms with Crippen molar-refractivity contribution >= 4 is 27.3 Å². The molecule has 1 aliphatic carbocycles. The van der Waals surface area contributed by atoms with Crippen molar-refractivity contribution in [3.63, 3.8) is 0 Å². The van der Waals surface area contributed by atoms with E-state index in [4.69, 9.17) is 0 Å². The highest BCUT2D eigenvalue weighted by Crippen LogP contribution is 2.30. The molecule has 1 unspecified atom stereocenters. The van der Waals surface area contributed by atoms with E-state index < -0.39 is 0 Å². The van der Waals surface area contributed by atoms with Crippen LogP contribution < -0.4 is 5.32 Å². The van der Waals surface area contributed by atoms with E-state index in [1.807, 2.05) is 11.3 Å². The number of aromatic nitrogens is 1. The van der Waals surface area contributed by atoms with Crippen LogP contribution in [0.3, 0.4) is 0 Å². The molecule has 2 aromatic heterocycles. The van der Waals surface area contributed by atoms with Crippen LogP contribution in [0.25, 0.3) is 0 Å². The molecule has 1 aliphatic rings. The second kappa shape index (κ2) is 7.12. The summed E-state index contributed by atoms with van der Waals surface area (Å²) in [5.41, 5.74) is 3.09. The molecule has 2 nitrogen and oxygen atoms in total. The molecule has 0 aliphatic heterocycles. The van der Waals surface area contributed by atoms with Crippen molar-refractivity contribution in [2.45, 2.75) is 51.6 Å². The third-order valence-corrected chi connectivity index (χ3v) is 5.78. The maximum atomic E-state index is 3.73. The van der Waals surface area contributed by atoms with E-state index in [1.165, 1.54) is 46.3 Å². The molecule has 0 saturated heterocycles. The van der Waals surface area contributed by atoms with Crippen LogP contribution >= 0.6 is 27.3 Å². The molecule has 0 spiro atoms. The van der Waals surface area contributed by atoms with Crippen LogP contribution in [-0.4, -0.2) is 11.1 Å². The van der Waals surface area contributed by atoms with Crippen LogP contribution in [0, 0.1) is 0 Å². The lowest BCUT2D eigenvalue weighted by Crippen LogP contribution is -2.21. The largest absolute Gasteiger partial charge is 0.348 e. The van der Waals surface area contributed by atoms with E-state index in [9.17, 15) is 0 Å². The van der Waals surface area contributed by atoms with Crippen molar-refractivity contribution in [1.82, 2.24) is 9.88 Å². The van der Waals surface area contributed by atoms with Gasteiger partial charge in [-0.15, -0.1) is 11.3 Å². The predicted octanol–water partition coefficient (Wildman–Crippen LogP) is 5.13. The fourth-order valence-electron chi connectivity index (χ4n) is 3.15. The first kappa shape index (κ1) is 15.3. The maximum Gasteiger partial charge on any atom is 0.0702 e. The lowest BCUT2D eigenvalue weighted by Gasteiger charge is -2.16. The summed E-state index contributed by atoms with van der Waals surface area (Å²) in [5, 5.41) is 3.73. The molecular formula is C17H23BrN2S. The number of hydrogen-bond acceptors (Lipinski definition) is 2. The number of rotatable bonds is 5. The van der Waals surface area contributed by atoms with Crippen molar-refractivity contribution in [2.75, 3.05) is 6.54 Å². The monoisotopic (exact) mass is 366 g/mol. The summed E-state index contributed by atoms with van der Waals surface area (Å²) in [5.74, 6) is 0. The zero-order valence-electron chi connectivity index (χ0n) is 12.6. The number of nitrogens with zero attached hydrogens (tertiary/aromatic N) is 1. The van der Waals surface area contributed by atoms with E-state index in [-0.39, 0.29) is 0 Å². The van der Waals surface area contributed by atoms with Gasteiger partial charge in [-0.05, 0) is 71.4 Å². The fraction of sp³-hybridized carbons (Fsp3) is 0.529. The lowest BCUT2D eigenvalue weighted by molar-refractivity contribution is 0.488. The molecule has 0 amide bonds. The number of aryl methyl sites for hydroxylation is 1. The van der Waals surface area contributed by atoms with Crippen LogP contribution in [-0.2, 0) is 13.0 Å². The Kier molecular flexibility index (Phi) is 5.19. The molecule has 3 rings (SSSR count). The number of fused-ring (bicyclic) bond motifs is 1. The molecule has 0 saturated carbocycles. The molecule has 1 atom stereocenters. The van der Waals surface area contributed by atoms with E-state index in [1.54, 1.807) is 5.56 Å². The van der Waals surface area contributed by atoms with Gasteiger partial charge in [0.1, 0.15) is 0 Å². The second-order valence-corrected chi connectivity index (χ2v) is 8.42. The molecule has 21 heavy (non-hydrogen) atoms. The number of nitrogens with one attached hydrogen (secondary N) is 1. The summed E-state index contributed by atoms with van der Waals surface area (Å²) in [6.45, 7) is 4.35. The van der Waals surface area contributed by atoms with Crippen LogP contribution in [0.4, 0.5) is 0 Å². The summed E-state index contributed by atoms with van der Waals surface area (Å²) in [6.07, 6.45) is 11.1. The predicted molar refractivity (Wildman–Crippen MR) is 94.1 cm³/mol. The van der Waals surface area contributed by atoms with Gasteiger partial charge in [-0.1, -0.05) is 13.3 Å². The van der Waals surface area contributed by atoms with Gasteiger partial charge in [0.05, 0.1) is 10.3 Å². The first-order valence-corrected chi connectivity index (χ1v) is 9.53. The van der Waals surface area contributed by atoms with Crippen molar-refractivity contribution in [3.8, 4) is 0 Å². The van der Waals surface area contributed by atoms with Crippen molar-refractivity contribution < 1.29 is 0 Å². The van der Waals surface area contributed by atoms with E-state index in [0.29, 0.717) is 6.04 Å². The molecule has 4 heteroatoms. The van der Waals surface area contributed by atoms with Gasteiger partial charge in [0, 0.05) is 23.3 Å². The Balaban J connectivity index is 1.79. The van der Waals surface area contributed by atoms with E-state index in [0.717, 1.165) is 13.1 Å². The average molecular weight is 367 g/mol. The number of hydrogen-bond donors (Lipinski definition) is 1. The third kappa shape index (κ3) is 3.79. The minimum Gasteiger partial charge on any atom is -0.348 e. The quantitative estimate of drug-likeness (QED) is 0.725. The van der Waals surface area contributed by atoms with Crippen LogP contribution in [0.1, 0.15) is 54.7 Å². The van der Waals surface area contributed by atoms with Crippen molar-refractivity contribution in [1.29, 1.82) is 0 Å². The summed E-state index contributed by atoms with van der Waals surface area (Å²) >= 11 is 5.38. The Morgan fingerprint density at radius 2 is 2.24 bits per heavy atom. The van der Waals surface area contributed by atoms with E-state index in [2.05, 4.69) is 57.3 Å². The van der Waals surface area contributed by atoms with Crippen LogP contribution in [0.5, 0.6) is 0 Å². The van der Waals surface area contributed by atoms with Gasteiger partial charge in [0.15, 0.2) is 0 Å². The molecule has 0 aromatic carbocycles. The summed E-state index contributed by atoms with van der Waals surface area (Å²) < 4.78 is 3.59. The van der Waals surface area contributed by atoms with Gasteiger partial charge >= 0.3 is 0 Å². The Bertz CT molecular complexity index is 587. The normalized spacial score (nSPS) is 18.5. The first-order chi connectivity index (χ1) is 10.3. The summed E-state index contributed by atoms with van der Waals surface area (Å²) in [4.78, 5) is 1.41. The SMILES string of the molecule is CCCNC1CCCCc2cn(Cc3ccc(Br)s3)cc21. The fourth-order valence-corrected chi connectivity index (χ4v) is 4.65. The van der Waals surface area contributed by atoms with Gasteiger partial charge in [-0.2, -0.15) is 0 Å². The Morgan fingerprint density at radius 1 is 1.33 bits per heavy atom. The van der Waals surface area contributed by atoms with Crippen molar-refractivity contribution in [3.05, 3.63) is 44.3 Å². The van der Waals surface area contributed by atoms with Gasteiger partial charge in [0.2, 0.25) is 0 Å². The lowest BCUT2D eigenvalue weighted by atomic mass is 10.0. The third-order valence-electron chi connectivity index (χ3n) is 4.17. The molecule has 0 bridgehead atoms. The molecule has 0 fully saturated rings. The maximum absolute atomic E-state index is 3.73. The zero-order chi connectivity index (χ0) is 14.7. The number of halogens is 1. The topological polar surface area (TPSA) is 17.0 Å². The molecule has 2 heterocycles. The van der Waals surface area contributed by atoms with Crippen LogP contribution in [0.15, 0.2) is 28.3 Å². The highest BCUT2D eigenvalue weighted by atomic mass is 79.9. The van der Waals surface area contributed by atoms with Gasteiger partial charge in [0.25, 0.3) is 0 Å². The minimum absolute atomic E-state index is 0.554. The highest BCUT2D eigenvalue weighted by Gasteiger charge is 2.20. The number of thiophene rings is 1. The zero-order valence-corrected chi connectivity index (χ0v) is 15.0. The smallest absolute Gasteiger partial charge is 0.0702 e. The van der Waals surface area contributed by atoms with E-state index >= 15 is 0 Å². The first-order valence-electron chi connectivity index (χ1n) is 7.92. The summed E-state index contributed by atoms with van der Waals surface area (Å²) in [7, 11) is 0. The Morgan fingerprint density at radius 3 is 3.00 bits per heavy atom. The second-order valence-electron chi connectivity index (χ2n) is 5.87. The molecule has 1 N–H and O–H groups in total. The van der Waals surface area contributed by atoms with Crippen LogP contribution in [0.2, 0.25) is 0 Å². The van der Waals surface area contributed by atoms with Gasteiger partial charge in [-0.3, -0.25) is 0 Å². The van der Waals surface area contributed by atoms with Gasteiger partial charge in [-0.25, -0.2) is 0 Å². The standard InChI is InChI=1S/C17H23BrN2S/c1-2-9-19-16-6-4-3-5-13-10-20(12-15(13)16)11-14-7-8-17(18)21-14/h7-8,10,12,16,19H,2-6,9,11H2,1H3. The van der Waals surface area contributed by atoms with Crippen molar-refractivity contribution in [2.24, 2.45) is 0 Å². The molecule has 114 valence electrons. The van der Waals surface area contributed by atoms with Gasteiger partial charge < -0.3 is 9.88 Å². The molecule has 2 aromatic rings. The average Bonchev–Trinajstić information content (AvgIpc) is 3.00. The Hall–Kier alpha value is -0.580. The summed E-state index contributed by atoms with van der Waals surface area (Å²) in [6, 6.07) is 4.91. The Labute approximate surface area is 139 Å².